The molecule has 0 radical (unpaired) electrons. The van der Waals surface area contributed by atoms with E-state index >= 15 is 0 Å². The second-order valence-corrected chi connectivity index (χ2v) is 6.46. The van der Waals surface area contributed by atoms with Crippen molar-refractivity contribution in [2.45, 2.75) is 6.42 Å². The van der Waals surface area contributed by atoms with E-state index in [2.05, 4.69) is 10.6 Å². The van der Waals surface area contributed by atoms with E-state index in [-0.39, 0.29) is 12.3 Å². The topological polar surface area (TPSA) is 58.2 Å². The summed E-state index contributed by atoms with van der Waals surface area (Å²) >= 11 is 1.47. The molecule has 2 N–H and O–H groups in total. The highest BCUT2D eigenvalue weighted by Crippen LogP contribution is 2.23. The summed E-state index contributed by atoms with van der Waals surface area (Å²) in [5.74, 6) is -2.59. The van der Waals surface area contributed by atoms with E-state index in [1.807, 2.05) is 17.5 Å². The monoisotopic (exact) mass is 372 g/mol. The van der Waals surface area contributed by atoms with Crippen molar-refractivity contribution in [1.82, 2.24) is 0 Å². The molecule has 132 valence electrons. The first-order valence-corrected chi connectivity index (χ1v) is 8.58. The highest BCUT2D eigenvalue weighted by Gasteiger charge is 2.15. The van der Waals surface area contributed by atoms with Gasteiger partial charge in [0.2, 0.25) is 5.91 Å². The van der Waals surface area contributed by atoms with Gasteiger partial charge in [0.25, 0.3) is 5.91 Å². The smallest absolute Gasteiger partial charge is 0.258 e. The Morgan fingerprint density at radius 3 is 2.35 bits per heavy atom. The molecular formula is C19H14F2N2O2S. The fourth-order valence-corrected chi connectivity index (χ4v) is 3.03. The minimum absolute atomic E-state index is 0.207. The number of anilines is 2. The molecule has 3 rings (SSSR count). The first-order chi connectivity index (χ1) is 12.5. The summed E-state index contributed by atoms with van der Waals surface area (Å²) in [4.78, 5) is 25.3. The van der Waals surface area contributed by atoms with Crippen LogP contribution in [0.15, 0.2) is 60.0 Å². The quantitative estimate of drug-likeness (QED) is 0.695. The van der Waals surface area contributed by atoms with Crippen molar-refractivity contribution in [3.8, 4) is 0 Å². The van der Waals surface area contributed by atoms with E-state index in [4.69, 9.17) is 0 Å². The number of hydrogen-bond donors (Lipinski definition) is 2. The maximum Gasteiger partial charge on any atom is 0.258 e. The standard InChI is InChI=1S/C19H14F2N2O2S/c20-12-7-8-15(21)14(10-12)19(25)23-17-6-2-1-5-16(17)22-18(24)11-13-4-3-9-26-13/h1-10H,11H2,(H,22,24)(H,23,25). The van der Waals surface area contributed by atoms with Crippen LogP contribution in [0.2, 0.25) is 0 Å². The van der Waals surface area contributed by atoms with Crippen LogP contribution in [-0.2, 0) is 11.2 Å². The van der Waals surface area contributed by atoms with Gasteiger partial charge in [-0.05, 0) is 41.8 Å². The lowest BCUT2D eigenvalue weighted by molar-refractivity contribution is -0.115. The molecule has 0 aliphatic heterocycles. The Morgan fingerprint density at radius 2 is 1.65 bits per heavy atom. The molecule has 0 atom stereocenters. The van der Waals surface area contributed by atoms with Crippen LogP contribution in [-0.4, -0.2) is 11.8 Å². The number of halogens is 2. The van der Waals surface area contributed by atoms with Gasteiger partial charge < -0.3 is 10.6 Å². The van der Waals surface area contributed by atoms with Gasteiger partial charge in [0.05, 0.1) is 23.4 Å². The molecule has 1 aromatic heterocycles. The second kappa shape index (κ2) is 7.88. The summed E-state index contributed by atoms with van der Waals surface area (Å²) in [7, 11) is 0. The van der Waals surface area contributed by atoms with Gasteiger partial charge in [0.1, 0.15) is 11.6 Å². The summed E-state index contributed by atoms with van der Waals surface area (Å²) in [5, 5.41) is 7.10. The van der Waals surface area contributed by atoms with Gasteiger partial charge in [-0.2, -0.15) is 0 Å². The zero-order chi connectivity index (χ0) is 18.5. The molecule has 0 saturated heterocycles. The van der Waals surface area contributed by atoms with Crippen LogP contribution in [0.3, 0.4) is 0 Å². The highest BCUT2D eigenvalue weighted by atomic mass is 32.1. The lowest BCUT2D eigenvalue weighted by Crippen LogP contribution is -2.18. The molecule has 0 fully saturated rings. The van der Waals surface area contributed by atoms with Gasteiger partial charge in [-0.3, -0.25) is 9.59 Å². The predicted molar refractivity (Wildman–Crippen MR) is 97.4 cm³/mol. The summed E-state index contributed by atoms with van der Waals surface area (Å²) in [5.41, 5.74) is 0.254. The molecule has 3 aromatic rings. The Balaban J connectivity index is 1.75. The van der Waals surface area contributed by atoms with Crippen molar-refractivity contribution in [2.24, 2.45) is 0 Å². The third-order valence-electron chi connectivity index (χ3n) is 3.54. The van der Waals surface area contributed by atoms with Gasteiger partial charge in [0, 0.05) is 4.88 Å². The molecule has 0 spiro atoms. The number of para-hydroxylation sites is 2. The third-order valence-corrected chi connectivity index (χ3v) is 4.41. The fourth-order valence-electron chi connectivity index (χ4n) is 2.33. The second-order valence-electron chi connectivity index (χ2n) is 5.43. The van der Waals surface area contributed by atoms with Crippen LogP contribution in [0.25, 0.3) is 0 Å². The van der Waals surface area contributed by atoms with E-state index in [0.29, 0.717) is 11.4 Å². The number of hydrogen-bond acceptors (Lipinski definition) is 3. The number of amides is 2. The van der Waals surface area contributed by atoms with Crippen LogP contribution in [0.5, 0.6) is 0 Å². The first kappa shape index (κ1) is 17.8. The van der Waals surface area contributed by atoms with Gasteiger partial charge in [-0.25, -0.2) is 8.78 Å². The maximum atomic E-state index is 13.7. The van der Waals surface area contributed by atoms with E-state index < -0.39 is 23.1 Å². The number of thiophene rings is 1. The number of nitrogens with one attached hydrogen (secondary N) is 2. The SMILES string of the molecule is O=C(Cc1cccs1)Nc1ccccc1NC(=O)c1cc(F)ccc1F. The van der Waals surface area contributed by atoms with Gasteiger partial charge in [-0.1, -0.05) is 18.2 Å². The molecule has 7 heteroatoms. The van der Waals surface area contributed by atoms with E-state index in [1.165, 1.54) is 11.3 Å². The molecule has 0 bridgehead atoms. The van der Waals surface area contributed by atoms with Crippen molar-refractivity contribution in [3.05, 3.63) is 82.1 Å². The molecule has 0 unspecified atom stereocenters. The number of benzene rings is 2. The average molecular weight is 372 g/mol. The lowest BCUT2D eigenvalue weighted by atomic mass is 10.1. The predicted octanol–water partition coefficient (Wildman–Crippen LogP) is 4.46. The fraction of sp³-hybridized carbons (Fsp3) is 0.0526. The zero-order valence-electron chi connectivity index (χ0n) is 13.5. The summed E-state index contributed by atoms with van der Waals surface area (Å²) in [6, 6.07) is 12.9. The van der Waals surface area contributed by atoms with Crippen molar-refractivity contribution < 1.29 is 18.4 Å². The first-order valence-electron chi connectivity index (χ1n) is 7.70. The van der Waals surface area contributed by atoms with Gasteiger partial charge in [0.15, 0.2) is 0 Å². The number of carbonyl (C=O) groups excluding carboxylic acids is 2. The molecule has 0 aliphatic carbocycles. The van der Waals surface area contributed by atoms with Crippen molar-refractivity contribution in [3.63, 3.8) is 0 Å². The van der Waals surface area contributed by atoms with Gasteiger partial charge in [-0.15, -0.1) is 11.3 Å². The normalized spacial score (nSPS) is 10.4. The molecule has 1 heterocycles. The Bertz CT molecular complexity index is 942. The van der Waals surface area contributed by atoms with Crippen LogP contribution in [0, 0.1) is 11.6 Å². The summed E-state index contributed by atoms with van der Waals surface area (Å²) in [6.45, 7) is 0. The van der Waals surface area contributed by atoms with E-state index in [9.17, 15) is 18.4 Å². The average Bonchev–Trinajstić information content (AvgIpc) is 3.11. The van der Waals surface area contributed by atoms with Crippen LogP contribution >= 0.6 is 11.3 Å². The Labute approximate surface area is 152 Å². The minimum Gasteiger partial charge on any atom is -0.324 e. The summed E-state index contributed by atoms with van der Waals surface area (Å²) < 4.78 is 27.0. The number of carbonyl (C=O) groups is 2. The molecule has 4 nitrogen and oxygen atoms in total. The lowest BCUT2D eigenvalue weighted by Gasteiger charge is -2.12. The van der Waals surface area contributed by atoms with Crippen LogP contribution in [0.1, 0.15) is 15.2 Å². The van der Waals surface area contributed by atoms with E-state index in [0.717, 1.165) is 23.1 Å². The van der Waals surface area contributed by atoms with Crippen LogP contribution < -0.4 is 10.6 Å². The number of rotatable bonds is 5. The summed E-state index contributed by atoms with van der Waals surface area (Å²) in [6.07, 6.45) is 0.207. The van der Waals surface area contributed by atoms with Crippen LogP contribution in [0.4, 0.5) is 20.2 Å². The minimum atomic E-state index is -0.830. The van der Waals surface area contributed by atoms with Crippen molar-refractivity contribution in [2.75, 3.05) is 10.6 Å². The van der Waals surface area contributed by atoms with E-state index in [1.54, 1.807) is 24.3 Å². The molecule has 0 aliphatic rings. The molecule has 2 aromatic carbocycles. The Hall–Kier alpha value is -3.06. The maximum absolute atomic E-state index is 13.7. The van der Waals surface area contributed by atoms with Gasteiger partial charge >= 0.3 is 0 Å². The molecule has 26 heavy (non-hydrogen) atoms. The molecule has 2 amide bonds. The van der Waals surface area contributed by atoms with Crippen molar-refractivity contribution in [1.29, 1.82) is 0 Å². The third kappa shape index (κ3) is 4.31. The highest BCUT2D eigenvalue weighted by molar-refractivity contribution is 7.10. The Morgan fingerprint density at radius 1 is 0.923 bits per heavy atom. The largest absolute Gasteiger partial charge is 0.324 e. The Kier molecular flexibility index (Phi) is 5.38. The zero-order valence-corrected chi connectivity index (χ0v) is 14.3. The molecule has 0 saturated carbocycles. The molecular weight excluding hydrogens is 358 g/mol. The van der Waals surface area contributed by atoms with Crippen molar-refractivity contribution >= 4 is 34.5 Å².